The molecule has 0 radical (unpaired) electrons. The smallest absolute Gasteiger partial charge is 0.270 e. The summed E-state index contributed by atoms with van der Waals surface area (Å²) in [6, 6.07) is 7.93. The van der Waals surface area contributed by atoms with Crippen LogP contribution in [0.3, 0.4) is 0 Å². The van der Waals surface area contributed by atoms with E-state index in [1.165, 1.54) is 30.5 Å². The normalized spacial score (nSPS) is 11.1. The standard InChI is InChI=1S/C12H11N3O4S/c1-9-7-10(5-6-13-9)14-20(18,19)12-4-2-3-11(8-12)15(16)17/h2-8H,1H3,(H,13,14). The van der Waals surface area contributed by atoms with Gasteiger partial charge in [-0.3, -0.25) is 19.8 Å². The molecule has 0 aliphatic carbocycles. The molecule has 0 saturated carbocycles. The SMILES string of the molecule is Cc1cc(NS(=O)(=O)c2cccc([N+](=O)[O-])c2)ccn1. The van der Waals surface area contributed by atoms with Crippen LogP contribution in [0.15, 0.2) is 47.5 Å². The summed E-state index contributed by atoms with van der Waals surface area (Å²) in [6.45, 7) is 1.73. The number of nitro benzene ring substituents is 1. The van der Waals surface area contributed by atoms with Gasteiger partial charge in [0.15, 0.2) is 0 Å². The fourth-order valence-electron chi connectivity index (χ4n) is 1.59. The predicted octanol–water partition coefficient (Wildman–Crippen LogP) is 2.10. The first-order valence-corrected chi connectivity index (χ1v) is 7.07. The van der Waals surface area contributed by atoms with Crippen LogP contribution in [0.1, 0.15) is 5.69 Å². The fraction of sp³-hybridized carbons (Fsp3) is 0.0833. The van der Waals surface area contributed by atoms with Gasteiger partial charge in [-0.1, -0.05) is 6.07 Å². The summed E-state index contributed by atoms with van der Waals surface area (Å²) >= 11 is 0. The molecule has 0 aliphatic rings. The number of nitro groups is 1. The summed E-state index contributed by atoms with van der Waals surface area (Å²) in [4.78, 5) is 13.8. The average molecular weight is 293 g/mol. The molecular weight excluding hydrogens is 282 g/mol. The molecule has 2 aromatic rings. The maximum absolute atomic E-state index is 12.1. The molecule has 0 atom stereocenters. The summed E-state index contributed by atoms with van der Waals surface area (Å²) in [5.41, 5.74) is 0.729. The molecule has 8 heteroatoms. The zero-order valence-corrected chi connectivity index (χ0v) is 11.3. The van der Waals surface area contributed by atoms with Crippen LogP contribution in [-0.2, 0) is 10.0 Å². The Morgan fingerprint density at radius 3 is 2.65 bits per heavy atom. The molecule has 0 saturated heterocycles. The van der Waals surface area contributed by atoms with E-state index in [0.717, 1.165) is 6.07 Å². The monoisotopic (exact) mass is 293 g/mol. The van der Waals surface area contributed by atoms with Crippen molar-refractivity contribution in [1.82, 2.24) is 4.98 Å². The largest absolute Gasteiger partial charge is 0.280 e. The van der Waals surface area contributed by atoms with Crippen LogP contribution in [0.4, 0.5) is 11.4 Å². The number of non-ortho nitro benzene ring substituents is 1. The first-order valence-electron chi connectivity index (χ1n) is 5.58. The maximum atomic E-state index is 12.1. The molecule has 0 unspecified atom stereocenters. The maximum Gasteiger partial charge on any atom is 0.270 e. The highest BCUT2D eigenvalue weighted by Crippen LogP contribution is 2.20. The van der Waals surface area contributed by atoms with Crippen molar-refractivity contribution >= 4 is 21.4 Å². The van der Waals surface area contributed by atoms with Crippen LogP contribution in [0, 0.1) is 17.0 Å². The molecule has 20 heavy (non-hydrogen) atoms. The Morgan fingerprint density at radius 2 is 2.00 bits per heavy atom. The van der Waals surface area contributed by atoms with E-state index >= 15 is 0 Å². The first-order chi connectivity index (χ1) is 9.38. The van der Waals surface area contributed by atoms with Crippen LogP contribution in [0.2, 0.25) is 0 Å². The molecule has 2 rings (SSSR count). The van der Waals surface area contributed by atoms with Gasteiger partial charge in [-0.2, -0.15) is 0 Å². The number of nitrogens with one attached hydrogen (secondary N) is 1. The number of benzene rings is 1. The number of rotatable bonds is 4. The number of hydrogen-bond donors (Lipinski definition) is 1. The van der Waals surface area contributed by atoms with Gasteiger partial charge in [0.2, 0.25) is 0 Å². The number of nitrogens with zero attached hydrogens (tertiary/aromatic N) is 2. The molecule has 0 amide bonds. The number of aryl methyl sites for hydroxylation is 1. The Bertz CT molecular complexity index is 759. The van der Waals surface area contributed by atoms with Crippen LogP contribution >= 0.6 is 0 Å². The molecule has 0 aliphatic heterocycles. The van der Waals surface area contributed by atoms with Gasteiger partial charge in [0.25, 0.3) is 15.7 Å². The lowest BCUT2D eigenvalue weighted by Gasteiger charge is -2.08. The number of pyridine rings is 1. The molecule has 1 N–H and O–H groups in total. The van der Waals surface area contributed by atoms with Crippen LogP contribution in [0.5, 0.6) is 0 Å². The third-order valence-electron chi connectivity index (χ3n) is 2.49. The van der Waals surface area contributed by atoms with Crippen molar-refractivity contribution < 1.29 is 13.3 Å². The van der Waals surface area contributed by atoms with Crippen LogP contribution in [0.25, 0.3) is 0 Å². The second kappa shape index (κ2) is 5.25. The molecule has 0 fully saturated rings. The van der Waals surface area contributed by atoms with E-state index in [4.69, 9.17) is 0 Å². The van der Waals surface area contributed by atoms with E-state index in [2.05, 4.69) is 9.71 Å². The minimum atomic E-state index is -3.87. The Labute approximate surface area is 115 Å². The molecule has 1 aromatic heterocycles. The van der Waals surface area contributed by atoms with Crippen molar-refractivity contribution in [3.8, 4) is 0 Å². The Balaban J connectivity index is 2.35. The van der Waals surface area contributed by atoms with Gasteiger partial charge in [-0.05, 0) is 25.1 Å². The number of anilines is 1. The molecule has 0 bridgehead atoms. The van der Waals surface area contributed by atoms with Crippen LogP contribution in [-0.4, -0.2) is 18.3 Å². The van der Waals surface area contributed by atoms with Crippen molar-refractivity contribution in [2.75, 3.05) is 4.72 Å². The Hall–Kier alpha value is -2.48. The van der Waals surface area contributed by atoms with Crippen molar-refractivity contribution in [3.63, 3.8) is 0 Å². The summed E-state index contributed by atoms with van der Waals surface area (Å²) in [5, 5.41) is 10.7. The molecule has 1 aromatic carbocycles. The van der Waals surface area contributed by atoms with Gasteiger partial charge in [0.05, 0.1) is 15.5 Å². The number of aromatic nitrogens is 1. The highest BCUT2D eigenvalue weighted by Gasteiger charge is 2.17. The summed E-state index contributed by atoms with van der Waals surface area (Å²) < 4.78 is 26.6. The van der Waals surface area contributed by atoms with Crippen molar-refractivity contribution in [3.05, 3.63) is 58.4 Å². The van der Waals surface area contributed by atoms with E-state index in [1.807, 2.05) is 0 Å². The van der Waals surface area contributed by atoms with Gasteiger partial charge in [-0.15, -0.1) is 0 Å². The minimum absolute atomic E-state index is 0.166. The highest BCUT2D eigenvalue weighted by molar-refractivity contribution is 7.92. The van der Waals surface area contributed by atoms with E-state index < -0.39 is 14.9 Å². The average Bonchev–Trinajstić information content (AvgIpc) is 2.38. The van der Waals surface area contributed by atoms with Gasteiger partial charge in [0, 0.05) is 24.0 Å². The summed E-state index contributed by atoms with van der Waals surface area (Å²) in [7, 11) is -3.87. The Morgan fingerprint density at radius 1 is 1.25 bits per heavy atom. The van der Waals surface area contributed by atoms with Gasteiger partial charge in [0.1, 0.15) is 0 Å². The van der Waals surface area contributed by atoms with E-state index in [9.17, 15) is 18.5 Å². The fourth-order valence-corrected chi connectivity index (χ4v) is 2.68. The van der Waals surface area contributed by atoms with Crippen LogP contribution < -0.4 is 4.72 Å². The third-order valence-corrected chi connectivity index (χ3v) is 3.87. The van der Waals surface area contributed by atoms with Crippen molar-refractivity contribution in [2.24, 2.45) is 0 Å². The second-order valence-electron chi connectivity index (χ2n) is 4.05. The van der Waals surface area contributed by atoms with Gasteiger partial charge in [-0.25, -0.2) is 8.42 Å². The van der Waals surface area contributed by atoms with E-state index in [-0.39, 0.29) is 10.6 Å². The van der Waals surface area contributed by atoms with E-state index in [1.54, 1.807) is 13.0 Å². The van der Waals surface area contributed by atoms with Gasteiger partial charge >= 0.3 is 0 Å². The van der Waals surface area contributed by atoms with E-state index in [0.29, 0.717) is 11.4 Å². The lowest BCUT2D eigenvalue weighted by atomic mass is 10.3. The zero-order chi connectivity index (χ0) is 14.8. The van der Waals surface area contributed by atoms with Gasteiger partial charge < -0.3 is 0 Å². The summed E-state index contributed by atoms with van der Waals surface area (Å²) in [5.74, 6) is 0. The lowest BCUT2D eigenvalue weighted by molar-refractivity contribution is -0.385. The summed E-state index contributed by atoms with van der Waals surface area (Å²) in [6.07, 6.45) is 1.47. The Kier molecular flexibility index (Phi) is 3.66. The quantitative estimate of drug-likeness (QED) is 0.687. The predicted molar refractivity (Wildman–Crippen MR) is 72.9 cm³/mol. The topological polar surface area (TPSA) is 102 Å². The molecular formula is C12H11N3O4S. The zero-order valence-electron chi connectivity index (χ0n) is 10.5. The molecule has 0 spiro atoms. The van der Waals surface area contributed by atoms with Crippen molar-refractivity contribution in [2.45, 2.75) is 11.8 Å². The third kappa shape index (κ3) is 3.09. The lowest BCUT2D eigenvalue weighted by Crippen LogP contribution is -2.13. The second-order valence-corrected chi connectivity index (χ2v) is 5.73. The first kappa shape index (κ1) is 13.9. The number of hydrogen-bond acceptors (Lipinski definition) is 5. The molecule has 104 valence electrons. The molecule has 1 heterocycles. The number of sulfonamides is 1. The molecule has 7 nitrogen and oxygen atoms in total. The van der Waals surface area contributed by atoms with Crippen molar-refractivity contribution in [1.29, 1.82) is 0 Å². The highest BCUT2D eigenvalue weighted by atomic mass is 32.2. The minimum Gasteiger partial charge on any atom is -0.280 e.